The van der Waals surface area contributed by atoms with Crippen LogP contribution in [0.2, 0.25) is 0 Å². The predicted molar refractivity (Wildman–Crippen MR) is 90.8 cm³/mol. The molecule has 0 N–H and O–H groups in total. The Bertz CT molecular complexity index is 325. The molecule has 0 radical (unpaired) electrons. The first-order valence-corrected chi connectivity index (χ1v) is 9.51. The molecule has 138 valence electrons. The number of carbonyl (C=O) groups is 1. The van der Waals surface area contributed by atoms with Crippen molar-refractivity contribution in [2.45, 2.75) is 96.1 Å². The second-order valence-electron chi connectivity index (χ2n) is 6.81. The lowest BCUT2D eigenvalue weighted by atomic mass is 10.1. The van der Waals surface area contributed by atoms with Crippen molar-refractivity contribution in [3.05, 3.63) is 0 Å². The first-order valence-electron chi connectivity index (χ1n) is 8.46. The lowest BCUT2D eigenvalue weighted by molar-refractivity contribution is -0.154. The molecule has 0 aliphatic carbocycles. The van der Waals surface area contributed by atoms with E-state index in [-0.39, 0.29) is 17.6 Å². The zero-order valence-corrected chi connectivity index (χ0v) is 15.6. The second kappa shape index (κ2) is 11.2. The molecule has 23 heavy (non-hydrogen) atoms. The van der Waals surface area contributed by atoms with Crippen LogP contribution in [-0.4, -0.2) is 28.7 Å². The number of thioether (sulfide) groups is 1. The van der Waals surface area contributed by atoms with Crippen molar-refractivity contribution < 1.29 is 22.7 Å². The second-order valence-corrected chi connectivity index (χ2v) is 8.13. The summed E-state index contributed by atoms with van der Waals surface area (Å²) in [5, 5.41) is -0.205. The molecule has 2 nitrogen and oxygen atoms in total. The highest BCUT2D eigenvalue weighted by Gasteiger charge is 2.26. The molecule has 0 aromatic carbocycles. The van der Waals surface area contributed by atoms with Crippen LogP contribution in [0.4, 0.5) is 13.2 Å². The van der Waals surface area contributed by atoms with E-state index in [1.165, 1.54) is 11.8 Å². The highest BCUT2D eigenvalue weighted by Crippen LogP contribution is 2.25. The van der Waals surface area contributed by atoms with Crippen LogP contribution in [0.25, 0.3) is 0 Å². The summed E-state index contributed by atoms with van der Waals surface area (Å²) in [5.41, 5.74) is -0.507. The number of esters is 1. The van der Waals surface area contributed by atoms with Crippen molar-refractivity contribution >= 4 is 17.7 Å². The average Bonchev–Trinajstić information content (AvgIpc) is 2.37. The van der Waals surface area contributed by atoms with Gasteiger partial charge in [0, 0.05) is 6.42 Å². The minimum Gasteiger partial charge on any atom is -0.459 e. The maximum atomic E-state index is 12.2. The molecular weight excluding hydrogens is 325 g/mol. The molecule has 0 bridgehead atoms. The van der Waals surface area contributed by atoms with E-state index in [1.54, 1.807) is 0 Å². The average molecular weight is 356 g/mol. The highest BCUT2D eigenvalue weighted by molar-refractivity contribution is 8.00. The van der Waals surface area contributed by atoms with Gasteiger partial charge in [-0.25, -0.2) is 0 Å². The largest absolute Gasteiger partial charge is 0.459 e. The zero-order chi connectivity index (χ0) is 17.9. The van der Waals surface area contributed by atoms with Gasteiger partial charge in [0.15, 0.2) is 0 Å². The van der Waals surface area contributed by atoms with E-state index in [2.05, 4.69) is 6.92 Å². The summed E-state index contributed by atoms with van der Waals surface area (Å²) < 4.78 is 41.6. The fraction of sp³-hybridized carbons (Fsp3) is 0.941. The third-order valence-corrected chi connectivity index (χ3v) is 4.52. The molecule has 0 spiro atoms. The molecule has 0 amide bonds. The number of rotatable bonds is 11. The molecule has 0 rings (SSSR count). The van der Waals surface area contributed by atoms with Gasteiger partial charge < -0.3 is 4.74 Å². The van der Waals surface area contributed by atoms with E-state index in [0.717, 1.165) is 25.7 Å². The van der Waals surface area contributed by atoms with Crippen LogP contribution < -0.4 is 0 Å². The Kier molecular flexibility index (Phi) is 11.0. The molecule has 0 saturated carbocycles. The van der Waals surface area contributed by atoms with Crippen molar-refractivity contribution in [2.75, 3.05) is 5.75 Å². The van der Waals surface area contributed by atoms with E-state index in [0.29, 0.717) is 18.6 Å². The predicted octanol–water partition coefficient (Wildman–Crippen LogP) is 6.13. The third kappa shape index (κ3) is 14.9. The standard InChI is InChI=1S/C17H31F3O2S/c1-5-6-8-11-14(15(21)22-16(2,3)4)23-13-10-7-9-12-17(18,19)20/h14H,5-13H2,1-4H3. The molecule has 0 heterocycles. The van der Waals surface area contributed by atoms with Crippen LogP contribution in [0, 0.1) is 0 Å². The fourth-order valence-electron chi connectivity index (χ4n) is 2.05. The number of ether oxygens (including phenoxy) is 1. The molecule has 0 aromatic rings. The number of unbranched alkanes of at least 4 members (excludes halogenated alkanes) is 4. The minimum absolute atomic E-state index is 0.164. The Hall–Kier alpha value is -0.390. The van der Waals surface area contributed by atoms with Crippen molar-refractivity contribution in [3.63, 3.8) is 0 Å². The first kappa shape index (κ1) is 22.6. The number of halogens is 3. The Balaban J connectivity index is 4.13. The number of hydrogen-bond acceptors (Lipinski definition) is 3. The van der Waals surface area contributed by atoms with E-state index >= 15 is 0 Å². The van der Waals surface area contributed by atoms with E-state index in [4.69, 9.17) is 4.74 Å². The maximum Gasteiger partial charge on any atom is 0.389 e. The van der Waals surface area contributed by atoms with E-state index < -0.39 is 18.2 Å². The number of hydrogen-bond donors (Lipinski definition) is 0. The normalized spacial score (nSPS) is 13.9. The van der Waals surface area contributed by atoms with Gasteiger partial charge in [-0.2, -0.15) is 13.2 Å². The van der Waals surface area contributed by atoms with Crippen LogP contribution in [0.1, 0.15) is 79.1 Å². The van der Waals surface area contributed by atoms with Crippen molar-refractivity contribution in [1.29, 1.82) is 0 Å². The Morgan fingerprint density at radius 1 is 1.04 bits per heavy atom. The molecule has 6 heteroatoms. The summed E-state index contributed by atoms with van der Waals surface area (Å²) in [6.45, 7) is 7.64. The Labute approximate surface area is 142 Å². The minimum atomic E-state index is -4.06. The molecular formula is C17H31F3O2S. The number of carbonyl (C=O) groups excluding carboxylic acids is 1. The number of alkyl halides is 3. The van der Waals surface area contributed by atoms with Crippen LogP contribution in [0.15, 0.2) is 0 Å². The fourth-order valence-corrected chi connectivity index (χ4v) is 3.22. The summed E-state index contributed by atoms with van der Waals surface area (Å²) in [7, 11) is 0. The molecule has 0 saturated heterocycles. The molecule has 1 atom stereocenters. The summed E-state index contributed by atoms with van der Waals surface area (Å²) in [6.07, 6.45) is 0.537. The van der Waals surface area contributed by atoms with Gasteiger partial charge in [0.25, 0.3) is 0 Å². The molecule has 0 aromatic heterocycles. The van der Waals surface area contributed by atoms with E-state index in [1.807, 2.05) is 20.8 Å². The third-order valence-electron chi connectivity index (χ3n) is 3.16. The smallest absolute Gasteiger partial charge is 0.389 e. The SMILES string of the molecule is CCCCCC(SCCCCCC(F)(F)F)C(=O)OC(C)(C)C. The van der Waals surface area contributed by atoms with Gasteiger partial charge in [0.1, 0.15) is 10.9 Å². The molecule has 0 aliphatic rings. The molecule has 0 aliphatic heterocycles. The van der Waals surface area contributed by atoms with Crippen LogP contribution in [0.5, 0.6) is 0 Å². The van der Waals surface area contributed by atoms with Crippen LogP contribution >= 0.6 is 11.8 Å². The van der Waals surface area contributed by atoms with Crippen LogP contribution in [-0.2, 0) is 9.53 Å². The first-order chi connectivity index (χ1) is 10.5. The summed E-state index contributed by atoms with van der Waals surface area (Å²) in [4.78, 5) is 12.2. The van der Waals surface area contributed by atoms with Crippen molar-refractivity contribution in [2.24, 2.45) is 0 Å². The lowest BCUT2D eigenvalue weighted by Gasteiger charge is -2.23. The summed E-state index contributed by atoms with van der Waals surface area (Å²) in [6, 6.07) is 0. The Morgan fingerprint density at radius 3 is 2.22 bits per heavy atom. The summed E-state index contributed by atoms with van der Waals surface area (Å²) in [5.74, 6) is 0.502. The molecule has 1 unspecified atom stereocenters. The quantitative estimate of drug-likeness (QED) is 0.329. The maximum absolute atomic E-state index is 12.2. The van der Waals surface area contributed by atoms with Crippen molar-refractivity contribution in [1.82, 2.24) is 0 Å². The van der Waals surface area contributed by atoms with Gasteiger partial charge in [0.05, 0.1) is 0 Å². The monoisotopic (exact) mass is 356 g/mol. The van der Waals surface area contributed by atoms with Crippen molar-refractivity contribution in [3.8, 4) is 0 Å². The van der Waals surface area contributed by atoms with Crippen LogP contribution in [0.3, 0.4) is 0 Å². The topological polar surface area (TPSA) is 26.3 Å². The Morgan fingerprint density at radius 2 is 1.70 bits per heavy atom. The van der Waals surface area contributed by atoms with Gasteiger partial charge in [-0.1, -0.05) is 32.6 Å². The zero-order valence-electron chi connectivity index (χ0n) is 14.8. The van der Waals surface area contributed by atoms with Gasteiger partial charge in [-0.05, 0) is 45.8 Å². The van der Waals surface area contributed by atoms with Gasteiger partial charge in [-0.15, -0.1) is 11.8 Å². The van der Waals surface area contributed by atoms with Gasteiger partial charge in [-0.3, -0.25) is 4.79 Å². The van der Waals surface area contributed by atoms with Gasteiger partial charge >= 0.3 is 12.1 Å². The summed E-state index contributed by atoms with van der Waals surface area (Å²) >= 11 is 1.52. The van der Waals surface area contributed by atoms with Gasteiger partial charge in [0.2, 0.25) is 0 Å². The molecule has 0 fully saturated rings. The van der Waals surface area contributed by atoms with E-state index in [9.17, 15) is 18.0 Å². The lowest BCUT2D eigenvalue weighted by Crippen LogP contribution is -2.30. The highest BCUT2D eigenvalue weighted by atomic mass is 32.2.